The van der Waals surface area contributed by atoms with Crippen molar-refractivity contribution in [3.8, 4) is 11.5 Å². The average molecular weight is 313 g/mol. The summed E-state index contributed by atoms with van der Waals surface area (Å²) in [6.45, 7) is 2.02. The maximum Gasteiger partial charge on any atom is 0.231 e. The number of hydrogen-bond acceptors (Lipinski definition) is 5. The van der Waals surface area contributed by atoms with E-state index < -0.39 is 0 Å². The van der Waals surface area contributed by atoms with Crippen LogP contribution >= 0.6 is 0 Å². The summed E-state index contributed by atoms with van der Waals surface area (Å²) in [5, 5.41) is 6.10. The molecule has 1 aliphatic rings. The molecule has 1 aliphatic heterocycles. The highest BCUT2D eigenvalue weighted by atomic mass is 16.7. The highest BCUT2D eigenvalue weighted by molar-refractivity contribution is 5.76. The topological polar surface area (TPSA) is 72.5 Å². The molecule has 2 N–H and O–H groups in total. The summed E-state index contributed by atoms with van der Waals surface area (Å²) >= 11 is 0. The van der Waals surface area contributed by atoms with Crippen molar-refractivity contribution in [2.75, 3.05) is 13.3 Å². The molecule has 0 radical (unpaired) electrons. The van der Waals surface area contributed by atoms with Gasteiger partial charge in [0.15, 0.2) is 11.5 Å². The van der Waals surface area contributed by atoms with Crippen LogP contribution in [-0.2, 0) is 17.9 Å². The van der Waals surface area contributed by atoms with Crippen LogP contribution in [0.25, 0.3) is 0 Å². The summed E-state index contributed by atoms with van der Waals surface area (Å²) in [7, 11) is 0. The maximum atomic E-state index is 11.8. The Kier molecular flexibility index (Phi) is 5.06. The van der Waals surface area contributed by atoms with Gasteiger partial charge >= 0.3 is 0 Å². The number of hydrogen-bond donors (Lipinski definition) is 2. The van der Waals surface area contributed by atoms with E-state index in [1.807, 2.05) is 36.4 Å². The van der Waals surface area contributed by atoms with E-state index in [1.54, 1.807) is 6.20 Å². The first-order valence-electron chi connectivity index (χ1n) is 7.57. The van der Waals surface area contributed by atoms with Gasteiger partial charge in [-0.3, -0.25) is 9.78 Å². The first-order valence-corrected chi connectivity index (χ1v) is 7.57. The predicted molar refractivity (Wildman–Crippen MR) is 85.0 cm³/mol. The Labute approximate surface area is 134 Å². The number of carbonyl (C=O) groups excluding carboxylic acids is 1. The molecule has 0 atom stereocenters. The molecule has 1 aromatic carbocycles. The molecular formula is C17H19N3O3. The summed E-state index contributed by atoms with van der Waals surface area (Å²) in [6.07, 6.45) is 2.19. The van der Waals surface area contributed by atoms with Crippen LogP contribution < -0.4 is 20.1 Å². The lowest BCUT2D eigenvalue weighted by Crippen LogP contribution is -2.27. The van der Waals surface area contributed by atoms with Gasteiger partial charge in [0.05, 0.1) is 5.69 Å². The summed E-state index contributed by atoms with van der Waals surface area (Å²) in [4.78, 5) is 16.1. The molecule has 1 aromatic heterocycles. The van der Waals surface area contributed by atoms with Crippen molar-refractivity contribution in [3.63, 3.8) is 0 Å². The van der Waals surface area contributed by atoms with E-state index in [0.717, 1.165) is 22.8 Å². The third-order valence-corrected chi connectivity index (χ3v) is 3.49. The number of ether oxygens (including phenoxy) is 2. The van der Waals surface area contributed by atoms with Crippen LogP contribution in [0.5, 0.6) is 11.5 Å². The van der Waals surface area contributed by atoms with Crippen LogP contribution in [0.2, 0.25) is 0 Å². The first-order chi connectivity index (χ1) is 11.3. The number of nitrogens with one attached hydrogen (secondary N) is 2. The minimum absolute atomic E-state index is 0.0104. The number of aromatic nitrogens is 1. The third kappa shape index (κ3) is 4.43. The number of amides is 1. The first kappa shape index (κ1) is 15.3. The summed E-state index contributed by atoms with van der Waals surface area (Å²) in [6, 6.07) is 11.5. The SMILES string of the molecule is O=C(CCNCc1ccccn1)NCc1ccc2c(c1)OCO2. The fourth-order valence-corrected chi connectivity index (χ4v) is 2.26. The third-order valence-electron chi connectivity index (χ3n) is 3.49. The molecule has 0 fully saturated rings. The van der Waals surface area contributed by atoms with E-state index in [4.69, 9.17) is 9.47 Å². The van der Waals surface area contributed by atoms with Gasteiger partial charge in [-0.15, -0.1) is 0 Å². The summed E-state index contributed by atoms with van der Waals surface area (Å²) in [5.74, 6) is 1.49. The molecule has 0 aliphatic carbocycles. The monoisotopic (exact) mass is 313 g/mol. The van der Waals surface area contributed by atoms with Gasteiger partial charge in [-0.1, -0.05) is 12.1 Å². The van der Waals surface area contributed by atoms with E-state index in [9.17, 15) is 4.79 Å². The van der Waals surface area contributed by atoms with Gasteiger partial charge in [0, 0.05) is 32.3 Å². The van der Waals surface area contributed by atoms with Crippen molar-refractivity contribution in [2.24, 2.45) is 0 Å². The molecule has 23 heavy (non-hydrogen) atoms. The van der Waals surface area contributed by atoms with E-state index in [0.29, 0.717) is 26.1 Å². The van der Waals surface area contributed by atoms with E-state index in [-0.39, 0.29) is 12.7 Å². The molecule has 0 saturated carbocycles. The van der Waals surface area contributed by atoms with Crippen LogP contribution in [0.4, 0.5) is 0 Å². The smallest absolute Gasteiger partial charge is 0.231 e. The minimum Gasteiger partial charge on any atom is -0.454 e. The highest BCUT2D eigenvalue weighted by Gasteiger charge is 2.13. The molecule has 3 rings (SSSR count). The molecule has 0 spiro atoms. The normalized spacial score (nSPS) is 12.2. The van der Waals surface area contributed by atoms with Crippen molar-refractivity contribution < 1.29 is 14.3 Å². The highest BCUT2D eigenvalue weighted by Crippen LogP contribution is 2.32. The number of nitrogens with zero attached hydrogens (tertiary/aromatic N) is 1. The molecule has 0 unspecified atom stereocenters. The second-order valence-electron chi connectivity index (χ2n) is 5.21. The maximum absolute atomic E-state index is 11.8. The number of pyridine rings is 1. The summed E-state index contributed by atoms with van der Waals surface area (Å²) in [5.41, 5.74) is 1.96. The van der Waals surface area contributed by atoms with Gasteiger partial charge in [-0.2, -0.15) is 0 Å². The van der Waals surface area contributed by atoms with Crippen LogP contribution in [0.15, 0.2) is 42.6 Å². The molecule has 0 bridgehead atoms. The van der Waals surface area contributed by atoms with Gasteiger partial charge in [-0.05, 0) is 29.8 Å². The fraction of sp³-hybridized carbons (Fsp3) is 0.294. The quantitative estimate of drug-likeness (QED) is 0.760. The van der Waals surface area contributed by atoms with Crippen LogP contribution in [0, 0.1) is 0 Å². The average Bonchev–Trinajstić information content (AvgIpc) is 3.05. The molecule has 6 nitrogen and oxygen atoms in total. The van der Waals surface area contributed by atoms with E-state index >= 15 is 0 Å². The molecule has 120 valence electrons. The van der Waals surface area contributed by atoms with Crippen molar-refractivity contribution >= 4 is 5.91 Å². The number of carbonyl (C=O) groups is 1. The Balaban J connectivity index is 1.35. The molecule has 0 saturated heterocycles. The number of benzene rings is 1. The Hall–Kier alpha value is -2.60. The minimum atomic E-state index is 0.0104. The van der Waals surface area contributed by atoms with E-state index in [2.05, 4.69) is 15.6 Å². The zero-order valence-electron chi connectivity index (χ0n) is 12.7. The number of rotatable bonds is 7. The lowest BCUT2D eigenvalue weighted by atomic mass is 10.2. The predicted octanol–water partition coefficient (Wildman–Crippen LogP) is 1.61. The van der Waals surface area contributed by atoms with Crippen LogP contribution in [0.1, 0.15) is 17.7 Å². The van der Waals surface area contributed by atoms with Gasteiger partial charge < -0.3 is 20.1 Å². The molecule has 1 amide bonds. The Morgan fingerprint density at radius 1 is 1.13 bits per heavy atom. The number of fused-ring (bicyclic) bond motifs is 1. The second kappa shape index (κ2) is 7.60. The van der Waals surface area contributed by atoms with Crippen LogP contribution in [-0.4, -0.2) is 24.2 Å². The molecule has 2 aromatic rings. The zero-order valence-corrected chi connectivity index (χ0v) is 12.7. The molecule has 2 heterocycles. The molecular weight excluding hydrogens is 294 g/mol. The Morgan fingerprint density at radius 3 is 2.91 bits per heavy atom. The largest absolute Gasteiger partial charge is 0.454 e. The van der Waals surface area contributed by atoms with Crippen molar-refractivity contribution in [3.05, 3.63) is 53.9 Å². The van der Waals surface area contributed by atoms with Crippen molar-refractivity contribution in [1.29, 1.82) is 0 Å². The van der Waals surface area contributed by atoms with Crippen LogP contribution in [0.3, 0.4) is 0 Å². The van der Waals surface area contributed by atoms with Gasteiger partial charge in [0.25, 0.3) is 0 Å². The Bertz CT molecular complexity index is 661. The lowest BCUT2D eigenvalue weighted by molar-refractivity contribution is -0.121. The van der Waals surface area contributed by atoms with Gasteiger partial charge in [-0.25, -0.2) is 0 Å². The summed E-state index contributed by atoms with van der Waals surface area (Å²) < 4.78 is 10.6. The molecule has 6 heteroatoms. The Morgan fingerprint density at radius 2 is 2.04 bits per heavy atom. The van der Waals surface area contributed by atoms with Gasteiger partial charge in [0.1, 0.15) is 0 Å². The van der Waals surface area contributed by atoms with Crippen molar-refractivity contribution in [2.45, 2.75) is 19.5 Å². The van der Waals surface area contributed by atoms with Crippen molar-refractivity contribution in [1.82, 2.24) is 15.6 Å². The zero-order chi connectivity index (χ0) is 15.9. The standard InChI is InChI=1S/C17H19N3O3/c21-17(6-8-18-11-14-3-1-2-7-19-14)20-10-13-4-5-15-16(9-13)23-12-22-15/h1-5,7,9,18H,6,8,10-12H2,(H,20,21). The fourth-order valence-electron chi connectivity index (χ4n) is 2.26. The van der Waals surface area contributed by atoms with E-state index in [1.165, 1.54) is 0 Å². The van der Waals surface area contributed by atoms with Gasteiger partial charge in [0.2, 0.25) is 12.7 Å². The second-order valence-corrected chi connectivity index (χ2v) is 5.21. The lowest BCUT2D eigenvalue weighted by Gasteiger charge is -2.07.